The van der Waals surface area contributed by atoms with Gasteiger partial charge in [-0.3, -0.25) is 9.59 Å². The largest absolute Gasteiger partial charge is 0.465 e. The Labute approximate surface area is 215 Å². The molecule has 3 aromatic carbocycles. The third kappa shape index (κ3) is 6.21. The number of nitrogen functional groups attached to an aromatic ring is 1. The lowest BCUT2D eigenvalue weighted by Gasteiger charge is -2.33. The van der Waals surface area contributed by atoms with Gasteiger partial charge in [0, 0.05) is 35.8 Å². The van der Waals surface area contributed by atoms with Gasteiger partial charge < -0.3 is 20.3 Å². The highest BCUT2D eigenvalue weighted by Crippen LogP contribution is 2.25. The second-order valence-corrected chi connectivity index (χ2v) is 9.07. The van der Waals surface area contributed by atoms with Gasteiger partial charge in [0.2, 0.25) is 0 Å². The number of hydrogen-bond acceptors (Lipinski definition) is 6. The number of nitrogens with zero attached hydrogens (tertiary/aromatic N) is 2. The van der Waals surface area contributed by atoms with Crippen molar-refractivity contribution in [1.82, 2.24) is 4.90 Å². The molecule has 37 heavy (non-hydrogen) atoms. The van der Waals surface area contributed by atoms with Gasteiger partial charge in [0.25, 0.3) is 5.91 Å². The maximum absolute atomic E-state index is 13.6. The minimum absolute atomic E-state index is 0.0341. The van der Waals surface area contributed by atoms with Crippen LogP contribution < -0.4 is 10.6 Å². The van der Waals surface area contributed by atoms with Crippen LogP contribution in [0.5, 0.6) is 0 Å². The fourth-order valence-corrected chi connectivity index (χ4v) is 4.61. The van der Waals surface area contributed by atoms with Crippen LogP contribution in [0.1, 0.15) is 43.9 Å². The summed E-state index contributed by atoms with van der Waals surface area (Å²) in [6, 6.07) is 19.2. The number of rotatable bonds is 8. The number of para-hydroxylation sites is 1. The zero-order valence-electron chi connectivity index (χ0n) is 20.7. The molecular formula is C29H30FN3O4. The molecule has 0 bridgehead atoms. The first-order valence-electron chi connectivity index (χ1n) is 12.2. The van der Waals surface area contributed by atoms with E-state index in [-0.39, 0.29) is 23.4 Å². The number of methoxy groups -OCH3 is 1. The van der Waals surface area contributed by atoms with Crippen molar-refractivity contribution in [2.75, 3.05) is 43.9 Å². The molecule has 1 aliphatic rings. The number of Topliss-reactive ketones (excluding diaryl/α,β-unsaturated/α-hetero) is 1. The summed E-state index contributed by atoms with van der Waals surface area (Å²) in [6.45, 7) is 2.29. The van der Waals surface area contributed by atoms with Crippen LogP contribution in [-0.2, 0) is 4.74 Å². The van der Waals surface area contributed by atoms with E-state index in [1.165, 1.54) is 31.4 Å². The number of esters is 1. The van der Waals surface area contributed by atoms with E-state index in [2.05, 4.69) is 4.90 Å². The highest BCUT2D eigenvalue weighted by atomic mass is 19.1. The van der Waals surface area contributed by atoms with Crippen molar-refractivity contribution in [2.45, 2.75) is 12.8 Å². The lowest BCUT2D eigenvalue weighted by atomic mass is 9.89. The average molecular weight is 504 g/mol. The molecule has 0 unspecified atom stereocenters. The topological polar surface area (TPSA) is 92.9 Å². The molecule has 1 heterocycles. The lowest BCUT2D eigenvalue weighted by Crippen LogP contribution is -2.43. The van der Waals surface area contributed by atoms with E-state index in [9.17, 15) is 18.8 Å². The Hall–Kier alpha value is -4.04. The van der Waals surface area contributed by atoms with Gasteiger partial charge in [-0.2, -0.15) is 0 Å². The number of ketones is 1. The van der Waals surface area contributed by atoms with Crippen LogP contribution in [0.15, 0.2) is 72.8 Å². The van der Waals surface area contributed by atoms with Gasteiger partial charge in [-0.05, 0) is 86.6 Å². The summed E-state index contributed by atoms with van der Waals surface area (Å²) in [6.07, 6.45) is 1.36. The van der Waals surface area contributed by atoms with E-state index in [4.69, 9.17) is 10.5 Å². The second-order valence-electron chi connectivity index (χ2n) is 9.07. The minimum atomic E-state index is -0.522. The molecule has 7 nitrogen and oxygen atoms in total. The van der Waals surface area contributed by atoms with Crippen molar-refractivity contribution in [2.24, 2.45) is 5.92 Å². The summed E-state index contributed by atoms with van der Waals surface area (Å²) in [5.74, 6) is -1.22. The van der Waals surface area contributed by atoms with Crippen molar-refractivity contribution >= 4 is 29.0 Å². The van der Waals surface area contributed by atoms with E-state index in [0.29, 0.717) is 67.1 Å². The smallest absolute Gasteiger partial charge is 0.339 e. The van der Waals surface area contributed by atoms with Crippen LogP contribution >= 0.6 is 0 Å². The first kappa shape index (κ1) is 26.0. The highest BCUT2D eigenvalue weighted by Gasteiger charge is 2.28. The molecule has 4 rings (SSSR count). The number of benzene rings is 3. The number of piperidine rings is 1. The van der Waals surface area contributed by atoms with Crippen LogP contribution in [0.3, 0.4) is 0 Å². The molecular weight excluding hydrogens is 473 g/mol. The maximum atomic E-state index is 13.6. The van der Waals surface area contributed by atoms with Crippen LogP contribution in [0.25, 0.3) is 0 Å². The van der Waals surface area contributed by atoms with E-state index in [0.717, 1.165) is 0 Å². The molecule has 0 radical (unpaired) electrons. The van der Waals surface area contributed by atoms with Gasteiger partial charge in [0.1, 0.15) is 5.82 Å². The molecule has 1 aliphatic heterocycles. The third-order valence-corrected chi connectivity index (χ3v) is 6.73. The summed E-state index contributed by atoms with van der Waals surface area (Å²) >= 11 is 0. The van der Waals surface area contributed by atoms with E-state index >= 15 is 0 Å². The summed E-state index contributed by atoms with van der Waals surface area (Å²) in [5.41, 5.74) is 8.10. The number of likely N-dealkylation sites (tertiary alicyclic amines) is 1. The van der Waals surface area contributed by atoms with E-state index < -0.39 is 5.97 Å². The monoisotopic (exact) mass is 503 g/mol. The summed E-state index contributed by atoms with van der Waals surface area (Å²) < 4.78 is 18.2. The molecule has 0 saturated carbocycles. The quantitative estimate of drug-likeness (QED) is 0.278. The normalized spacial score (nSPS) is 14.2. The molecule has 1 amide bonds. The van der Waals surface area contributed by atoms with Crippen molar-refractivity contribution in [1.29, 1.82) is 0 Å². The number of carbonyl (C=O) groups excluding carboxylic acids is 3. The summed E-state index contributed by atoms with van der Waals surface area (Å²) in [5, 5.41) is 0. The van der Waals surface area contributed by atoms with Gasteiger partial charge in [-0.15, -0.1) is 0 Å². The number of anilines is 2. The molecule has 1 fully saturated rings. The van der Waals surface area contributed by atoms with Gasteiger partial charge in [0.15, 0.2) is 5.78 Å². The minimum Gasteiger partial charge on any atom is -0.465 e. The van der Waals surface area contributed by atoms with Gasteiger partial charge in [-0.1, -0.05) is 12.1 Å². The summed E-state index contributed by atoms with van der Waals surface area (Å²) in [7, 11) is 1.31. The van der Waals surface area contributed by atoms with Crippen molar-refractivity contribution < 1.29 is 23.5 Å². The number of halogens is 1. The number of hydrogen-bond donors (Lipinski definition) is 1. The Balaban J connectivity index is 1.47. The molecule has 1 saturated heterocycles. The zero-order chi connectivity index (χ0) is 26.4. The molecule has 0 atom stereocenters. The standard InChI is InChI=1S/C29H30FN3O4/c1-37-29(36)25-4-2-3-5-26(25)33(28(35)22-8-12-24(31)13-9-22)19-18-32-16-14-21(15-17-32)27(34)20-6-10-23(30)11-7-20/h2-13,21H,14-19,31H2,1H3. The summed E-state index contributed by atoms with van der Waals surface area (Å²) in [4.78, 5) is 42.6. The zero-order valence-corrected chi connectivity index (χ0v) is 20.7. The van der Waals surface area contributed by atoms with Crippen molar-refractivity contribution in [3.8, 4) is 0 Å². The molecule has 8 heteroatoms. The fourth-order valence-electron chi connectivity index (χ4n) is 4.61. The molecule has 3 aromatic rings. The lowest BCUT2D eigenvalue weighted by molar-refractivity contribution is 0.0601. The third-order valence-electron chi connectivity index (χ3n) is 6.73. The SMILES string of the molecule is COC(=O)c1ccccc1N(CCN1CCC(C(=O)c2ccc(F)cc2)CC1)C(=O)c1ccc(N)cc1. The van der Waals surface area contributed by atoms with Crippen LogP contribution in [0, 0.1) is 11.7 Å². The maximum Gasteiger partial charge on any atom is 0.339 e. The number of nitrogens with two attached hydrogens (primary N) is 1. The first-order chi connectivity index (χ1) is 17.9. The number of carbonyl (C=O) groups is 3. The molecule has 192 valence electrons. The Morgan fingerprint density at radius 3 is 2.22 bits per heavy atom. The molecule has 0 aromatic heterocycles. The van der Waals surface area contributed by atoms with Crippen LogP contribution in [0.4, 0.5) is 15.8 Å². The van der Waals surface area contributed by atoms with Crippen LogP contribution in [0.2, 0.25) is 0 Å². The van der Waals surface area contributed by atoms with Crippen LogP contribution in [-0.4, -0.2) is 55.8 Å². The second kappa shape index (κ2) is 11.8. The Morgan fingerprint density at radius 2 is 1.57 bits per heavy atom. The van der Waals surface area contributed by atoms with Gasteiger partial charge in [0.05, 0.1) is 18.4 Å². The number of ether oxygens (including phenoxy) is 1. The Morgan fingerprint density at radius 1 is 0.946 bits per heavy atom. The predicted molar refractivity (Wildman–Crippen MR) is 140 cm³/mol. The average Bonchev–Trinajstić information content (AvgIpc) is 2.93. The highest BCUT2D eigenvalue weighted by molar-refractivity contribution is 6.09. The van der Waals surface area contributed by atoms with Crippen molar-refractivity contribution in [3.63, 3.8) is 0 Å². The Bertz CT molecular complexity index is 1250. The predicted octanol–water partition coefficient (Wildman–Crippen LogP) is 4.44. The fraction of sp³-hybridized carbons (Fsp3) is 0.276. The molecule has 2 N–H and O–H groups in total. The first-order valence-corrected chi connectivity index (χ1v) is 12.2. The van der Waals surface area contributed by atoms with Gasteiger partial charge >= 0.3 is 5.97 Å². The van der Waals surface area contributed by atoms with E-state index in [1.807, 2.05) is 0 Å². The molecule has 0 aliphatic carbocycles. The Kier molecular flexibility index (Phi) is 8.30. The number of amides is 1. The van der Waals surface area contributed by atoms with Gasteiger partial charge in [-0.25, -0.2) is 9.18 Å². The molecule has 0 spiro atoms. The van der Waals surface area contributed by atoms with E-state index in [1.54, 1.807) is 53.4 Å². The van der Waals surface area contributed by atoms with Crippen molar-refractivity contribution in [3.05, 3.63) is 95.3 Å².